The summed E-state index contributed by atoms with van der Waals surface area (Å²) >= 11 is 7.64. The lowest BCUT2D eigenvalue weighted by Crippen LogP contribution is -2.11. The highest BCUT2D eigenvalue weighted by Crippen LogP contribution is 2.35. The van der Waals surface area contributed by atoms with E-state index < -0.39 is 0 Å². The van der Waals surface area contributed by atoms with E-state index in [9.17, 15) is 4.39 Å². The highest BCUT2D eigenvalue weighted by Gasteiger charge is 2.17. The van der Waals surface area contributed by atoms with Crippen LogP contribution < -0.4 is 5.32 Å². The standard InChI is InChI=1S/C15H18ClFN2S/c1-3-6-12-13(9-18-4-2)20-15(19-12)14-10(16)7-5-8-11(14)17/h5,7-8,18H,3-4,6,9H2,1-2H3. The first kappa shape index (κ1) is 15.4. The van der Waals surface area contributed by atoms with E-state index in [0.717, 1.165) is 31.6 Å². The van der Waals surface area contributed by atoms with Crippen LogP contribution in [0.3, 0.4) is 0 Å². The number of thiazole rings is 1. The molecular weight excluding hydrogens is 295 g/mol. The maximum atomic E-state index is 14.0. The molecule has 0 aliphatic carbocycles. The summed E-state index contributed by atoms with van der Waals surface area (Å²) in [6, 6.07) is 4.73. The molecule has 0 radical (unpaired) electrons. The molecule has 2 rings (SSSR count). The zero-order chi connectivity index (χ0) is 14.5. The van der Waals surface area contributed by atoms with Gasteiger partial charge >= 0.3 is 0 Å². The lowest BCUT2D eigenvalue weighted by atomic mass is 10.2. The van der Waals surface area contributed by atoms with Gasteiger partial charge in [-0.15, -0.1) is 11.3 Å². The minimum absolute atomic E-state index is 0.315. The van der Waals surface area contributed by atoms with Crippen molar-refractivity contribution in [3.05, 3.63) is 39.6 Å². The second-order valence-electron chi connectivity index (χ2n) is 4.52. The number of hydrogen-bond acceptors (Lipinski definition) is 3. The molecule has 0 unspecified atom stereocenters. The molecule has 0 saturated carbocycles. The monoisotopic (exact) mass is 312 g/mol. The van der Waals surface area contributed by atoms with Crippen LogP contribution in [-0.4, -0.2) is 11.5 Å². The molecule has 2 nitrogen and oxygen atoms in total. The second kappa shape index (κ2) is 7.16. The van der Waals surface area contributed by atoms with E-state index in [1.165, 1.54) is 22.3 Å². The normalized spacial score (nSPS) is 11.0. The zero-order valence-electron chi connectivity index (χ0n) is 11.7. The Morgan fingerprint density at radius 2 is 2.15 bits per heavy atom. The number of nitrogens with zero attached hydrogens (tertiary/aromatic N) is 1. The van der Waals surface area contributed by atoms with Gasteiger partial charge in [0.05, 0.1) is 16.3 Å². The van der Waals surface area contributed by atoms with Crippen molar-refractivity contribution in [1.29, 1.82) is 0 Å². The molecule has 1 heterocycles. The average molecular weight is 313 g/mol. The largest absolute Gasteiger partial charge is 0.312 e. The zero-order valence-corrected chi connectivity index (χ0v) is 13.2. The van der Waals surface area contributed by atoms with Crippen molar-refractivity contribution in [2.45, 2.75) is 33.2 Å². The van der Waals surface area contributed by atoms with E-state index in [0.29, 0.717) is 15.6 Å². The van der Waals surface area contributed by atoms with Crippen LogP contribution in [0.5, 0.6) is 0 Å². The Morgan fingerprint density at radius 1 is 1.35 bits per heavy atom. The van der Waals surface area contributed by atoms with Gasteiger partial charge in [0, 0.05) is 11.4 Å². The summed E-state index contributed by atoms with van der Waals surface area (Å²) < 4.78 is 14.0. The van der Waals surface area contributed by atoms with Crippen molar-refractivity contribution < 1.29 is 4.39 Å². The van der Waals surface area contributed by atoms with Gasteiger partial charge in [-0.25, -0.2) is 9.37 Å². The Kier molecular flexibility index (Phi) is 5.52. The molecule has 5 heteroatoms. The van der Waals surface area contributed by atoms with E-state index in [1.807, 2.05) is 0 Å². The van der Waals surface area contributed by atoms with Crippen molar-refractivity contribution in [2.24, 2.45) is 0 Å². The van der Waals surface area contributed by atoms with E-state index in [-0.39, 0.29) is 5.82 Å². The van der Waals surface area contributed by atoms with Gasteiger partial charge in [-0.05, 0) is 25.1 Å². The van der Waals surface area contributed by atoms with Crippen molar-refractivity contribution >= 4 is 22.9 Å². The smallest absolute Gasteiger partial charge is 0.134 e. The number of hydrogen-bond donors (Lipinski definition) is 1. The Balaban J connectivity index is 2.41. The Morgan fingerprint density at radius 3 is 2.80 bits per heavy atom. The predicted octanol–water partition coefficient (Wildman–Crippen LogP) is 4.66. The van der Waals surface area contributed by atoms with Crippen LogP contribution in [0, 0.1) is 5.82 Å². The van der Waals surface area contributed by atoms with E-state index in [2.05, 4.69) is 24.1 Å². The average Bonchev–Trinajstić information content (AvgIpc) is 2.79. The first-order valence-corrected chi connectivity index (χ1v) is 8.00. The molecule has 0 aliphatic heterocycles. The van der Waals surface area contributed by atoms with Gasteiger partial charge in [0.25, 0.3) is 0 Å². The SMILES string of the molecule is CCCc1nc(-c2c(F)cccc2Cl)sc1CNCC. The van der Waals surface area contributed by atoms with Crippen LogP contribution in [0.4, 0.5) is 4.39 Å². The van der Waals surface area contributed by atoms with Gasteiger partial charge < -0.3 is 5.32 Å². The van der Waals surface area contributed by atoms with Crippen molar-refractivity contribution in [2.75, 3.05) is 6.54 Å². The van der Waals surface area contributed by atoms with Crippen LogP contribution in [0.25, 0.3) is 10.6 Å². The van der Waals surface area contributed by atoms with Crippen LogP contribution in [0.15, 0.2) is 18.2 Å². The summed E-state index contributed by atoms with van der Waals surface area (Å²) in [5.74, 6) is -0.315. The van der Waals surface area contributed by atoms with Crippen LogP contribution in [0.1, 0.15) is 30.8 Å². The van der Waals surface area contributed by atoms with Gasteiger partial charge in [0.15, 0.2) is 0 Å². The van der Waals surface area contributed by atoms with Crippen molar-refractivity contribution in [3.8, 4) is 10.6 Å². The topological polar surface area (TPSA) is 24.9 Å². The molecule has 0 fully saturated rings. The number of halogens is 2. The fourth-order valence-corrected chi connectivity index (χ4v) is 3.45. The first-order valence-electron chi connectivity index (χ1n) is 6.81. The molecule has 1 aromatic carbocycles. The molecule has 0 amide bonds. The van der Waals surface area contributed by atoms with Crippen LogP contribution in [0.2, 0.25) is 5.02 Å². The molecule has 1 N–H and O–H groups in total. The highest BCUT2D eigenvalue weighted by molar-refractivity contribution is 7.15. The predicted molar refractivity (Wildman–Crippen MR) is 83.9 cm³/mol. The molecule has 0 bridgehead atoms. The summed E-state index contributed by atoms with van der Waals surface area (Å²) in [6.07, 6.45) is 1.93. The number of nitrogens with one attached hydrogen (secondary N) is 1. The summed E-state index contributed by atoms with van der Waals surface area (Å²) in [5.41, 5.74) is 1.46. The van der Waals surface area contributed by atoms with Gasteiger partial charge in [-0.2, -0.15) is 0 Å². The maximum Gasteiger partial charge on any atom is 0.134 e. The molecule has 0 saturated heterocycles. The summed E-state index contributed by atoms with van der Waals surface area (Å²) in [5, 5.41) is 4.39. The summed E-state index contributed by atoms with van der Waals surface area (Å²) in [7, 11) is 0. The number of aromatic nitrogens is 1. The third kappa shape index (κ3) is 3.37. The van der Waals surface area contributed by atoms with Gasteiger partial charge in [-0.3, -0.25) is 0 Å². The lowest BCUT2D eigenvalue weighted by molar-refractivity contribution is 0.631. The molecule has 0 aliphatic rings. The summed E-state index contributed by atoms with van der Waals surface area (Å²) in [4.78, 5) is 5.77. The fourth-order valence-electron chi connectivity index (χ4n) is 2.00. The first-order chi connectivity index (χ1) is 9.67. The Labute approximate surface area is 128 Å². The van der Waals surface area contributed by atoms with E-state index in [4.69, 9.17) is 11.6 Å². The maximum absolute atomic E-state index is 14.0. The second-order valence-corrected chi connectivity index (χ2v) is 6.01. The number of rotatable bonds is 6. The Hall–Kier alpha value is -0.970. The molecular formula is C15H18ClFN2S. The van der Waals surface area contributed by atoms with Gasteiger partial charge in [0.1, 0.15) is 10.8 Å². The van der Waals surface area contributed by atoms with Crippen molar-refractivity contribution in [3.63, 3.8) is 0 Å². The number of benzene rings is 1. The molecule has 108 valence electrons. The third-order valence-corrected chi connectivity index (χ3v) is 4.41. The molecule has 20 heavy (non-hydrogen) atoms. The van der Waals surface area contributed by atoms with E-state index >= 15 is 0 Å². The van der Waals surface area contributed by atoms with Gasteiger partial charge in [0.2, 0.25) is 0 Å². The lowest BCUT2D eigenvalue weighted by Gasteiger charge is -2.01. The van der Waals surface area contributed by atoms with E-state index in [1.54, 1.807) is 12.1 Å². The summed E-state index contributed by atoms with van der Waals surface area (Å²) in [6.45, 7) is 5.86. The van der Waals surface area contributed by atoms with Crippen LogP contribution >= 0.6 is 22.9 Å². The fraction of sp³-hybridized carbons (Fsp3) is 0.400. The van der Waals surface area contributed by atoms with Crippen LogP contribution in [-0.2, 0) is 13.0 Å². The third-order valence-electron chi connectivity index (χ3n) is 2.98. The molecule has 1 aromatic heterocycles. The molecule has 0 spiro atoms. The van der Waals surface area contributed by atoms with Gasteiger partial charge in [-0.1, -0.05) is 37.9 Å². The van der Waals surface area contributed by atoms with Crippen molar-refractivity contribution in [1.82, 2.24) is 10.3 Å². The molecule has 2 aromatic rings. The minimum Gasteiger partial charge on any atom is -0.312 e. The number of aryl methyl sites for hydroxylation is 1. The quantitative estimate of drug-likeness (QED) is 0.838. The highest BCUT2D eigenvalue weighted by atomic mass is 35.5. The molecule has 0 atom stereocenters. The minimum atomic E-state index is -0.315. The Bertz CT molecular complexity index is 563.